The van der Waals surface area contributed by atoms with E-state index in [-0.39, 0.29) is 0 Å². The van der Waals surface area contributed by atoms with Crippen LogP contribution in [-0.4, -0.2) is 19.1 Å². The molecule has 2 atom stereocenters. The minimum absolute atomic E-state index is 0.351. The molecule has 1 aromatic carbocycles. The first-order valence-corrected chi connectivity index (χ1v) is 7.54. The molecule has 0 bridgehead atoms. The Kier molecular flexibility index (Phi) is 4.51. The Hall–Kier alpha value is -1.02. The largest absolute Gasteiger partial charge is 0.371 e. The second kappa shape index (κ2) is 5.96. The summed E-state index contributed by atoms with van der Waals surface area (Å²) in [6.45, 7) is 11.2. The highest BCUT2D eigenvalue weighted by Crippen LogP contribution is 2.28. The third kappa shape index (κ3) is 3.73. The Morgan fingerprint density at radius 1 is 1.21 bits per heavy atom. The SMILES string of the molecule is Cc1cc(C)cc(N2CCC(CC(N)C(C)C)C2)c1. The zero-order valence-corrected chi connectivity index (χ0v) is 12.8. The Labute approximate surface area is 118 Å². The summed E-state index contributed by atoms with van der Waals surface area (Å²) in [5.74, 6) is 1.36. The summed E-state index contributed by atoms with van der Waals surface area (Å²) in [6.07, 6.45) is 2.45. The highest BCUT2D eigenvalue weighted by Gasteiger charge is 2.25. The lowest BCUT2D eigenvalue weighted by Gasteiger charge is -2.22. The van der Waals surface area contributed by atoms with Gasteiger partial charge in [0.25, 0.3) is 0 Å². The van der Waals surface area contributed by atoms with E-state index in [9.17, 15) is 0 Å². The third-order valence-electron chi connectivity index (χ3n) is 4.32. The minimum Gasteiger partial charge on any atom is -0.371 e. The van der Waals surface area contributed by atoms with Gasteiger partial charge < -0.3 is 10.6 Å². The molecule has 2 rings (SSSR count). The first kappa shape index (κ1) is 14.4. The predicted molar refractivity (Wildman–Crippen MR) is 83.7 cm³/mol. The van der Waals surface area contributed by atoms with Gasteiger partial charge in [0, 0.05) is 24.8 Å². The molecule has 0 spiro atoms. The molecular weight excluding hydrogens is 232 g/mol. The topological polar surface area (TPSA) is 29.3 Å². The van der Waals surface area contributed by atoms with Crippen molar-refractivity contribution in [1.29, 1.82) is 0 Å². The average molecular weight is 260 g/mol. The van der Waals surface area contributed by atoms with Crippen LogP contribution in [0.2, 0.25) is 0 Å². The van der Waals surface area contributed by atoms with Crippen molar-refractivity contribution in [3.63, 3.8) is 0 Å². The maximum absolute atomic E-state index is 6.21. The summed E-state index contributed by atoms with van der Waals surface area (Å²) < 4.78 is 0. The number of nitrogens with two attached hydrogens (primary N) is 1. The average Bonchev–Trinajstić information content (AvgIpc) is 2.76. The van der Waals surface area contributed by atoms with E-state index < -0.39 is 0 Å². The quantitative estimate of drug-likeness (QED) is 0.897. The molecule has 2 nitrogen and oxygen atoms in total. The first-order valence-electron chi connectivity index (χ1n) is 7.54. The monoisotopic (exact) mass is 260 g/mol. The fourth-order valence-electron chi connectivity index (χ4n) is 3.05. The van der Waals surface area contributed by atoms with Crippen molar-refractivity contribution in [3.05, 3.63) is 29.3 Å². The van der Waals surface area contributed by atoms with E-state index in [4.69, 9.17) is 5.73 Å². The Morgan fingerprint density at radius 3 is 2.42 bits per heavy atom. The molecular formula is C17H28N2. The number of rotatable bonds is 4. The van der Waals surface area contributed by atoms with Crippen molar-refractivity contribution < 1.29 is 0 Å². The number of hydrogen-bond acceptors (Lipinski definition) is 2. The standard InChI is InChI=1S/C17H28N2/c1-12(2)17(18)10-15-5-6-19(11-15)16-8-13(3)7-14(4)9-16/h7-9,12,15,17H,5-6,10-11,18H2,1-4H3. The van der Waals surface area contributed by atoms with Gasteiger partial charge in [-0.25, -0.2) is 0 Å². The van der Waals surface area contributed by atoms with Gasteiger partial charge >= 0.3 is 0 Å². The molecule has 1 heterocycles. The van der Waals surface area contributed by atoms with Gasteiger partial charge in [-0.15, -0.1) is 0 Å². The molecule has 1 aliphatic heterocycles. The molecule has 0 saturated carbocycles. The highest BCUT2D eigenvalue weighted by atomic mass is 15.1. The summed E-state index contributed by atoms with van der Waals surface area (Å²) in [5.41, 5.74) is 10.3. The van der Waals surface area contributed by atoms with Crippen molar-refractivity contribution in [2.75, 3.05) is 18.0 Å². The van der Waals surface area contributed by atoms with Crippen molar-refractivity contribution in [1.82, 2.24) is 0 Å². The Bertz CT molecular complexity index is 405. The van der Waals surface area contributed by atoms with E-state index in [0.29, 0.717) is 12.0 Å². The molecule has 0 amide bonds. The van der Waals surface area contributed by atoms with E-state index in [1.165, 1.54) is 42.7 Å². The molecule has 1 fully saturated rings. The van der Waals surface area contributed by atoms with Gasteiger partial charge in [0.05, 0.1) is 0 Å². The van der Waals surface area contributed by atoms with E-state index in [2.05, 4.69) is 50.8 Å². The van der Waals surface area contributed by atoms with Crippen LogP contribution in [0.15, 0.2) is 18.2 Å². The first-order chi connectivity index (χ1) is 8.95. The maximum atomic E-state index is 6.21. The van der Waals surface area contributed by atoms with Gasteiger partial charge in [-0.2, -0.15) is 0 Å². The van der Waals surface area contributed by atoms with Crippen molar-refractivity contribution in [2.24, 2.45) is 17.6 Å². The van der Waals surface area contributed by atoms with Crippen LogP contribution >= 0.6 is 0 Å². The fraction of sp³-hybridized carbons (Fsp3) is 0.647. The van der Waals surface area contributed by atoms with Crippen LogP contribution in [0.3, 0.4) is 0 Å². The van der Waals surface area contributed by atoms with E-state index in [1.54, 1.807) is 0 Å². The zero-order valence-electron chi connectivity index (χ0n) is 12.8. The lowest BCUT2D eigenvalue weighted by Crippen LogP contribution is -2.30. The molecule has 1 aliphatic rings. The van der Waals surface area contributed by atoms with Crippen LogP contribution in [0.5, 0.6) is 0 Å². The molecule has 1 saturated heterocycles. The lowest BCUT2D eigenvalue weighted by molar-refractivity contribution is 0.391. The van der Waals surface area contributed by atoms with Crippen LogP contribution in [0.1, 0.15) is 37.8 Å². The van der Waals surface area contributed by atoms with Crippen molar-refractivity contribution >= 4 is 5.69 Å². The summed E-state index contributed by atoms with van der Waals surface area (Å²) >= 11 is 0. The second-order valence-corrected chi connectivity index (χ2v) is 6.59. The van der Waals surface area contributed by atoms with E-state index in [0.717, 1.165) is 5.92 Å². The van der Waals surface area contributed by atoms with Gasteiger partial charge in [0.1, 0.15) is 0 Å². The summed E-state index contributed by atoms with van der Waals surface area (Å²) in [7, 11) is 0. The minimum atomic E-state index is 0.351. The van der Waals surface area contributed by atoms with E-state index in [1.807, 2.05) is 0 Å². The van der Waals surface area contributed by atoms with E-state index >= 15 is 0 Å². The highest BCUT2D eigenvalue weighted by molar-refractivity contribution is 5.51. The van der Waals surface area contributed by atoms with Gasteiger partial charge in [0.2, 0.25) is 0 Å². The zero-order chi connectivity index (χ0) is 14.0. The van der Waals surface area contributed by atoms with Crippen molar-refractivity contribution in [2.45, 2.75) is 46.6 Å². The molecule has 0 aliphatic carbocycles. The molecule has 2 heteroatoms. The number of hydrogen-bond donors (Lipinski definition) is 1. The second-order valence-electron chi connectivity index (χ2n) is 6.59. The molecule has 0 aromatic heterocycles. The van der Waals surface area contributed by atoms with Gasteiger partial charge in [0.15, 0.2) is 0 Å². The van der Waals surface area contributed by atoms with Gasteiger partial charge in [-0.1, -0.05) is 19.9 Å². The lowest BCUT2D eigenvalue weighted by atomic mass is 9.93. The normalized spacial score (nSPS) is 21.2. The molecule has 2 unspecified atom stereocenters. The molecule has 19 heavy (non-hydrogen) atoms. The molecule has 106 valence electrons. The maximum Gasteiger partial charge on any atom is 0.0371 e. The van der Waals surface area contributed by atoms with Crippen LogP contribution in [0.4, 0.5) is 5.69 Å². The van der Waals surface area contributed by atoms with Crippen LogP contribution in [0, 0.1) is 25.7 Å². The summed E-state index contributed by atoms with van der Waals surface area (Å²) in [6, 6.07) is 7.20. The van der Waals surface area contributed by atoms with Crippen LogP contribution in [0.25, 0.3) is 0 Å². The number of anilines is 1. The van der Waals surface area contributed by atoms with Crippen LogP contribution in [-0.2, 0) is 0 Å². The fourth-order valence-corrected chi connectivity index (χ4v) is 3.05. The third-order valence-corrected chi connectivity index (χ3v) is 4.32. The summed E-state index contributed by atoms with van der Waals surface area (Å²) in [4.78, 5) is 2.53. The number of nitrogens with zero attached hydrogens (tertiary/aromatic N) is 1. The van der Waals surface area contributed by atoms with Gasteiger partial charge in [-0.05, 0) is 61.8 Å². The Morgan fingerprint density at radius 2 is 1.84 bits per heavy atom. The predicted octanol–water partition coefficient (Wildman–Crippen LogP) is 3.50. The number of aryl methyl sites for hydroxylation is 2. The smallest absolute Gasteiger partial charge is 0.0371 e. The molecule has 0 radical (unpaired) electrons. The summed E-state index contributed by atoms with van der Waals surface area (Å²) in [5, 5.41) is 0. The Balaban J connectivity index is 1.98. The van der Waals surface area contributed by atoms with Gasteiger partial charge in [-0.3, -0.25) is 0 Å². The molecule has 2 N–H and O–H groups in total. The van der Waals surface area contributed by atoms with Crippen LogP contribution < -0.4 is 10.6 Å². The molecule has 1 aromatic rings. The number of benzene rings is 1. The van der Waals surface area contributed by atoms with Crippen molar-refractivity contribution in [3.8, 4) is 0 Å².